The molecular weight excluding hydrogens is 278 g/mol. The van der Waals surface area contributed by atoms with Crippen LogP contribution >= 0.6 is 11.6 Å². The molecule has 0 spiro atoms. The molecule has 1 aromatic rings. The minimum absolute atomic E-state index is 0.0919. The van der Waals surface area contributed by atoms with Gasteiger partial charge in [-0.15, -0.1) is 0 Å². The SMILES string of the molecule is CC(=O)NC(CC(=O)N[C@@H](C)CN)c1ccc(Cl)cc1. The van der Waals surface area contributed by atoms with E-state index in [1.54, 1.807) is 24.3 Å². The Bertz CT molecular complexity index is 462. The number of nitrogens with two attached hydrogens (primary N) is 1. The second-order valence-corrected chi connectivity index (χ2v) is 5.15. The van der Waals surface area contributed by atoms with Crippen LogP contribution in [-0.2, 0) is 9.59 Å². The van der Waals surface area contributed by atoms with E-state index in [-0.39, 0.29) is 30.3 Å². The van der Waals surface area contributed by atoms with Gasteiger partial charge in [-0.2, -0.15) is 0 Å². The van der Waals surface area contributed by atoms with Crippen molar-refractivity contribution >= 4 is 23.4 Å². The van der Waals surface area contributed by atoms with E-state index in [1.165, 1.54) is 6.92 Å². The van der Waals surface area contributed by atoms with Crippen LogP contribution in [0.3, 0.4) is 0 Å². The molecule has 2 amide bonds. The maximum atomic E-state index is 11.9. The third-order valence-electron chi connectivity index (χ3n) is 2.80. The summed E-state index contributed by atoms with van der Waals surface area (Å²) < 4.78 is 0. The zero-order valence-electron chi connectivity index (χ0n) is 11.7. The van der Waals surface area contributed by atoms with Crippen LogP contribution in [0.1, 0.15) is 31.9 Å². The summed E-state index contributed by atoms with van der Waals surface area (Å²) in [6.07, 6.45) is 0.158. The van der Waals surface area contributed by atoms with Gasteiger partial charge in [0.15, 0.2) is 0 Å². The van der Waals surface area contributed by atoms with Crippen LogP contribution in [0.25, 0.3) is 0 Å². The molecule has 110 valence electrons. The lowest BCUT2D eigenvalue weighted by Crippen LogP contribution is -2.40. The molecule has 1 aromatic carbocycles. The second-order valence-electron chi connectivity index (χ2n) is 4.71. The first-order valence-corrected chi connectivity index (χ1v) is 6.82. The highest BCUT2D eigenvalue weighted by Gasteiger charge is 2.17. The number of hydrogen-bond donors (Lipinski definition) is 3. The summed E-state index contributed by atoms with van der Waals surface area (Å²) >= 11 is 5.83. The molecule has 0 saturated heterocycles. The van der Waals surface area contributed by atoms with Gasteiger partial charge in [-0.3, -0.25) is 9.59 Å². The standard InChI is InChI=1S/C14H20ClN3O2/c1-9(8-16)17-14(20)7-13(18-10(2)19)11-3-5-12(15)6-4-11/h3-6,9,13H,7-8,16H2,1-2H3,(H,17,20)(H,18,19)/t9-,13?/m0/s1. The van der Waals surface area contributed by atoms with Gasteiger partial charge in [-0.25, -0.2) is 0 Å². The van der Waals surface area contributed by atoms with Gasteiger partial charge >= 0.3 is 0 Å². The van der Waals surface area contributed by atoms with Gasteiger partial charge in [-0.1, -0.05) is 23.7 Å². The summed E-state index contributed by atoms with van der Waals surface area (Å²) in [5.74, 6) is -0.346. The monoisotopic (exact) mass is 297 g/mol. The zero-order valence-corrected chi connectivity index (χ0v) is 12.4. The number of hydrogen-bond acceptors (Lipinski definition) is 3. The number of carbonyl (C=O) groups is 2. The van der Waals surface area contributed by atoms with E-state index in [1.807, 2.05) is 6.92 Å². The van der Waals surface area contributed by atoms with Crippen LogP contribution < -0.4 is 16.4 Å². The Morgan fingerprint density at radius 3 is 2.35 bits per heavy atom. The average molecular weight is 298 g/mol. The van der Waals surface area contributed by atoms with E-state index in [9.17, 15) is 9.59 Å². The van der Waals surface area contributed by atoms with Gasteiger partial charge in [0.2, 0.25) is 11.8 Å². The molecule has 0 aliphatic carbocycles. The number of benzene rings is 1. The summed E-state index contributed by atoms with van der Waals surface area (Å²) in [7, 11) is 0. The highest BCUT2D eigenvalue weighted by Crippen LogP contribution is 2.19. The molecule has 0 aromatic heterocycles. The van der Waals surface area contributed by atoms with Crippen molar-refractivity contribution in [1.82, 2.24) is 10.6 Å². The smallest absolute Gasteiger partial charge is 0.222 e. The van der Waals surface area contributed by atoms with Crippen molar-refractivity contribution in [3.8, 4) is 0 Å². The van der Waals surface area contributed by atoms with Gasteiger partial charge < -0.3 is 16.4 Å². The first-order valence-electron chi connectivity index (χ1n) is 6.44. The van der Waals surface area contributed by atoms with E-state index in [0.29, 0.717) is 11.6 Å². The Hall–Kier alpha value is -1.59. The fourth-order valence-electron chi connectivity index (χ4n) is 1.77. The van der Waals surface area contributed by atoms with Crippen molar-refractivity contribution in [2.45, 2.75) is 32.4 Å². The molecule has 0 saturated carbocycles. The molecule has 20 heavy (non-hydrogen) atoms. The van der Waals surface area contributed by atoms with Gasteiger partial charge in [-0.05, 0) is 24.6 Å². The summed E-state index contributed by atoms with van der Waals surface area (Å²) in [5, 5.41) is 6.14. The van der Waals surface area contributed by atoms with E-state index < -0.39 is 0 Å². The Kier molecular flexibility index (Phi) is 6.48. The maximum absolute atomic E-state index is 11.9. The third kappa shape index (κ3) is 5.59. The number of rotatable bonds is 6. The van der Waals surface area contributed by atoms with Crippen molar-refractivity contribution in [3.63, 3.8) is 0 Å². The quantitative estimate of drug-likeness (QED) is 0.741. The van der Waals surface area contributed by atoms with Crippen LogP contribution in [0.5, 0.6) is 0 Å². The Balaban J connectivity index is 2.76. The molecule has 0 radical (unpaired) electrons. The largest absolute Gasteiger partial charge is 0.352 e. The predicted octanol–water partition coefficient (Wildman–Crippen LogP) is 1.37. The molecule has 0 aliphatic rings. The van der Waals surface area contributed by atoms with E-state index in [4.69, 9.17) is 17.3 Å². The highest BCUT2D eigenvalue weighted by atomic mass is 35.5. The lowest BCUT2D eigenvalue weighted by molar-refractivity contribution is -0.123. The van der Waals surface area contributed by atoms with E-state index in [0.717, 1.165) is 5.56 Å². The van der Waals surface area contributed by atoms with Crippen molar-refractivity contribution in [2.24, 2.45) is 5.73 Å². The molecule has 0 aliphatic heterocycles. The molecule has 0 fully saturated rings. The maximum Gasteiger partial charge on any atom is 0.222 e. The van der Waals surface area contributed by atoms with Crippen molar-refractivity contribution < 1.29 is 9.59 Å². The first kappa shape index (κ1) is 16.5. The van der Waals surface area contributed by atoms with Gasteiger partial charge in [0.1, 0.15) is 0 Å². The topological polar surface area (TPSA) is 84.2 Å². The predicted molar refractivity (Wildman–Crippen MR) is 79.3 cm³/mol. The molecule has 1 unspecified atom stereocenters. The Morgan fingerprint density at radius 1 is 1.25 bits per heavy atom. The third-order valence-corrected chi connectivity index (χ3v) is 3.05. The number of carbonyl (C=O) groups excluding carboxylic acids is 2. The van der Waals surface area contributed by atoms with Gasteiger partial charge in [0, 0.05) is 24.5 Å². The Morgan fingerprint density at radius 2 is 1.85 bits per heavy atom. The molecule has 5 nitrogen and oxygen atoms in total. The Labute approximate surface area is 123 Å². The van der Waals surface area contributed by atoms with Crippen molar-refractivity contribution in [1.29, 1.82) is 0 Å². The lowest BCUT2D eigenvalue weighted by atomic mass is 10.0. The van der Waals surface area contributed by atoms with Crippen LogP contribution in [0.15, 0.2) is 24.3 Å². The summed E-state index contributed by atoms with van der Waals surface area (Å²) in [6, 6.07) is 6.57. The van der Waals surface area contributed by atoms with E-state index >= 15 is 0 Å². The minimum atomic E-state index is -0.380. The number of nitrogens with one attached hydrogen (secondary N) is 2. The van der Waals surface area contributed by atoms with Crippen molar-refractivity contribution in [3.05, 3.63) is 34.9 Å². The zero-order chi connectivity index (χ0) is 15.1. The molecule has 1 rings (SSSR count). The van der Waals surface area contributed by atoms with Crippen LogP contribution in [-0.4, -0.2) is 24.4 Å². The van der Waals surface area contributed by atoms with Crippen LogP contribution in [0.2, 0.25) is 5.02 Å². The molecule has 6 heteroatoms. The fraction of sp³-hybridized carbons (Fsp3) is 0.429. The molecule has 0 heterocycles. The van der Waals surface area contributed by atoms with E-state index in [2.05, 4.69) is 10.6 Å². The van der Waals surface area contributed by atoms with Gasteiger partial charge in [0.05, 0.1) is 12.5 Å². The number of amides is 2. The molecule has 2 atom stereocenters. The second kappa shape index (κ2) is 7.87. The number of halogens is 1. The fourth-order valence-corrected chi connectivity index (χ4v) is 1.90. The summed E-state index contributed by atoms with van der Waals surface area (Å²) in [6.45, 7) is 3.62. The lowest BCUT2D eigenvalue weighted by Gasteiger charge is -2.19. The molecule has 0 bridgehead atoms. The average Bonchev–Trinajstić information content (AvgIpc) is 2.38. The van der Waals surface area contributed by atoms with Crippen LogP contribution in [0, 0.1) is 0 Å². The van der Waals surface area contributed by atoms with Crippen LogP contribution in [0.4, 0.5) is 0 Å². The minimum Gasteiger partial charge on any atom is -0.352 e. The van der Waals surface area contributed by atoms with Crippen molar-refractivity contribution in [2.75, 3.05) is 6.54 Å². The normalized spacial score (nSPS) is 13.4. The van der Waals surface area contributed by atoms with Gasteiger partial charge in [0.25, 0.3) is 0 Å². The summed E-state index contributed by atoms with van der Waals surface area (Å²) in [4.78, 5) is 23.2. The summed E-state index contributed by atoms with van der Waals surface area (Å²) in [5.41, 5.74) is 6.29. The molecule has 4 N–H and O–H groups in total. The first-order chi connectivity index (χ1) is 9.42. The molecular formula is C14H20ClN3O2. The highest BCUT2D eigenvalue weighted by molar-refractivity contribution is 6.30.